The van der Waals surface area contributed by atoms with Crippen molar-refractivity contribution in [1.82, 2.24) is 29.8 Å². The second kappa shape index (κ2) is 13.6. The molecule has 2 N–H and O–H groups in total. The molecule has 14 nitrogen and oxygen atoms in total. The number of ether oxygens (including phenoxy) is 2. The van der Waals surface area contributed by atoms with Gasteiger partial charge in [-0.2, -0.15) is 5.10 Å². The number of nitrogens with zero attached hydrogens (tertiary/aromatic N) is 5. The zero-order valence-corrected chi connectivity index (χ0v) is 25.6. The molecular weight excluding hydrogens is 584 g/mol. The van der Waals surface area contributed by atoms with E-state index in [1.807, 2.05) is 18.2 Å². The van der Waals surface area contributed by atoms with Gasteiger partial charge in [0.2, 0.25) is 11.8 Å². The van der Waals surface area contributed by atoms with E-state index in [1.54, 1.807) is 31.0 Å². The van der Waals surface area contributed by atoms with Crippen molar-refractivity contribution in [3.63, 3.8) is 0 Å². The van der Waals surface area contributed by atoms with Crippen LogP contribution < -0.4 is 10.1 Å². The van der Waals surface area contributed by atoms with Crippen molar-refractivity contribution in [1.29, 1.82) is 0 Å². The number of aliphatic carboxylic acids is 1. The smallest absolute Gasteiger partial charge is 0.409 e. The summed E-state index contributed by atoms with van der Waals surface area (Å²) >= 11 is 0. The van der Waals surface area contributed by atoms with Crippen LogP contribution in [0, 0.1) is 0 Å². The number of carboxylic acids is 1. The summed E-state index contributed by atoms with van der Waals surface area (Å²) in [6.45, 7) is 2.88. The number of nitrogens with one attached hydrogen (secondary N) is 1. The lowest BCUT2D eigenvalue weighted by atomic mass is 9.78. The second-order valence-electron chi connectivity index (χ2n) is 11.7. The van der Waals surface area contributed by atoms with Crippen molar-refractivity contribution in [3.05, 3.63) is 42.1 Å². The molecule has 45 heavy (non-hydrogen) atoms. The first kappa shape index (κ1) is 31.8. The molecule has 1 saturated heterocycles. The van der Waals surface area contributed by atoms with E-state index in [9.17, 15) is 29.1 Å². The summed E-state index contributed by atoms with van der Waals surface area (Å²) in [5.74, 6) is -2.12. The number of carboxylic acid groups (broad SMARTS) is 1. The summed E-state index contributed by atoms with van der Waals surface area (Å²) < 4.78 is 12.9. The number of amides is 4. The maximum atomic E-state index is 13.6. The Kier molecular flexibility index (Phi) is 9.59. The van der Waals surface area contributed by atoms with Crippen LogP contribution in [-0.4, -0.2) is 117 Å². The number of likely N-dealkylation sites (N-methyl/N-ethyl adjacent to an activating group) is 1. The Morgan fingerprint density at radius 3 is 2.31 bits per heavy atom. The highest BCUT2D eigenvalue weighted by atomic mass is 16.6. The fourth-order valence-corrected chi connectivity index (χ4v) is 5.61. The maximum Gasteiger partial charge on any atom is 0.409 e. The number of piperazine rings is 1. The molecule has 1 aromatic carbocycles. The average molecular weight is 625 g/mol. The van der Waals surface area contributed by atoms with E-state index >= 15 is 0 Å². The summed E-state index contributed by atoms with van der Waals surface area (Å²) in [4.78, 5) is 68.8. The number of carbonyl (C=O) groups excluding carboxylic acids is 4. The van der Waals surface area contributed by atoms with E-state index in [-0.39, 0.29) is 69.2 Å². The van der Waals surface area contributed by atoms with Crippen LogP contribution in [0.1, 0.15) is 62.4 Å². The van der Waals surface area contributed by atoms with Crippen LogP contribution in [0.3, 0.4) is 0 Å². The molecule has 0 spiro atoms. The molecule has 4 amide bonds. The highest BCUT2D eigenvalue weighted by Crippen LogP contribution is 2.41. The predicted octanol–water partition coefficient (Wildman–Crippen LogP) is 2.06. The molecule has 14 heteroatoms. The topological polar surface area (TPSA) is 164 Å². The normalized spacial score (nSPS) is 17.9. The van der Waals surface area contributed by atoms with E-state index in [0.717, 1.165) is 19.3 Å². The van der Waals surface area contributed by atoms with Crippen molar-refractivity contribution in [2.75, 3.05) is 39.8 Å². The fourth-order valence-electron chi connectivity index (χ4n) is 5.61. The summed E-state index contributed by atoms with van der Waals surface area (Å²) in [5.41, 5.74) is -0.489. The lowest BCUT2D eigenvalue weighted by Gasteiger charge is -2.42. The third-order valence-electron chi connectivity index (χ3n) is 8.54. The van der Waals surface area contributed by atoms with E-state index in [2.05, 4.69) is 10.4 Å². The molecule has 0 radical (unpaired) electrons. The van der Waals surface area contributed by atoms with E-state index in [1.165, 1.54) is 20.5 Å². The third-order valence-corrected chi connectivity index (χ3v) is 8.54. The Bertz CT molecular complexity index is 1410. The minimum absolute atomic E-state index is 0.0495. The van der Waals surface area contributed by atoms with E-state index < -0.39 is 35.5 Å². The summed E-state index contributed by atoms with van der Waals surface area (Å²) in [6, 6.07) is 9.58. The summed E-state index contributed by atoms with van der Waals surface area (Å²) in [7, 11) is 1.79. The average Bonchev–Trinajstić information content (AvgIpc) is 3.79. The fraction of sp³-hybridized carbons (Fsp3) is 0.548. The third kappa shape index (κ3) is 7.21. The van der Waals surface area contributed by atoms with Gasteiger partial charge in [0.05, 0.1) is 12.3 Å². The first-order chi connectivity index (χ1) is 21.6. The van der Waals surface area contributed by atoms with Crippen molar-refractivity contribution >= 4 is 29.8 Å². The van der Waals surface area contributed by atoms with Crippen LogP contribution in [-0.2, 0) is 19.1 Å². The van der Waals surface area contributed by atoms with Crippen molar-refractivity contribution < 1.29 is 38.6 Å². The standard InChI is InChI=1S/C31H40N6O8/c1-3-44-30(43)36-18-16-35(17-19-36)28(41)23(12-13-26(38)39)32-27(40)24-20-25(37(33-24)22-8-5-4-6-9-22)45-31(14-7-15-31)29(42)34(2)21-10-11-21/h4-6,8-9,20-21,23H,3,7,10-19H2,1-2H3,(H,32,40)(H,38,39)/t23-/m0/s1. The van der Waals surface area contributed by atoms with Crippen LogP contribution in [0.15, 0.2) is 36.4 Å². The number of para-hydroxylation sites is 1. The molecule has 3 aliphatic rings. The van der Waals surface area contributed by atoms with E-state index in [0.29, 0.717) is 18.5 Å². The van der Waals surface area contributed by atoms with Gasteiger partial charge >= 0.3 is 12.1 Å². The molecular formula is C31H40N6O8. The quantitative estimate of drug-likeness (QED) is 0.360. The monoisotopic (exact) mass is 624 g/mol. The molecule has 5 rings (SSSR count). The van der Waals surface area contributed by atoms with Gasteiger partial charge in [-0.15, -0.1) is 0 Å². The Labute approximate surface area is 261 Å². The predicted molar refractivity (Wildman–Crippen MR) is 160 cm³/mol. The van der Waals surface area contributed by atoms with Gasteiger partial charge in [-0.05, 0) is 57.6 Å². The van der Waals surface area contributed by atoms with Crippen molar-refractivity contribution in [3.8, 4) is 11.6 Å². The molecule has 1 atom stereocenters. The molecule has 3 fully saturated rings. The van der Waals surface area contributed by atoms with Crippen LogP contribution in [0.4, 0.5) is 4.79 Å². The van der Waals surface area contributed by atoms with Crippen molar-refractivity contribution in [2.45, 2.75) is 69.6 Å². The molecule has 2 aromatic rings. The summed E-state index contributed by atoms with van der Waals surface area (Å²) in [6.07, 6.45) is 2.91. The van der Waals surface area contributed by atoms with Crippen LogP contribution >= 0.6 is 0 Å². The van der Waals surface area contributed by atoms with Gasteiger partial charge in [-0.1, -0.05) is 18.2 Å². The van der Waals surface area contributed by atoms with Crippen LogP contribution in [0.2, 0.25) is 0 Å². The molecule has 2 saturated carbocycles. The Morgan fingerprint density at radius 2 is 1.73 bits per heavy atom. The number of carbonyl (C=O) groups is 5. The largest absolute Gasteiger partial charge is 0.481 e. The Balaban J connectivity index is 1.35. The van der Waals surface area contributed by atoms with Gasteiger partial charge in [0.25, 0.3) is 11.8 Å². The number of hydrogen-bond donors (Lipinski definition) is 2. The Morgan fingerprint density at radius 1 is 1.07 bits per heavy atom. The zero-order valence-electron chi connectivity index (χ0n) is 25.6. The molecule has 2 heterocycles. The van der Waals surface area contributed by atoms with Gasteiger partial charge in [0.1, 0.15) is 6.04 Å². The lowest BCUT2D eigenvalue weighted by molar-refractivity contribution is -0.155. The molecule has 2 aliphatic carbocycles. The number of aromatic nitrogens is 2. The summed E-state index contributed by atoms with van der Waals surface area (Å²) in [5, 5.41) is 16.5. The van der Waals surface area contributed by atoms with Gasteiger partial charge in [0.15, 0.2) is 11.3 Å². The van der Waals surface area contributed by atoms with Crippen LogP contribution in [0.25, 0.3) is 5.69 Å². The highest BCUT2D eigenvalue weighted by molar-refractivity contribution is 5.96. The maximum absolute atomic E-state index is 13.6. The zero-order chi connectivity index (χ0) is 32.1. The SMILES string of the molecule is CCOC(=O)N1CCN(C(=O)[C@H](CCC(=O)O)NC(=O)c2cc(OC3(C(=O)N(C)C4CC4)CCC3)n(-c3ccccc3)n2)CC1. The molecule has 1 aliphatic heterocycles. The first-order valence-corrected chi connectivity index (χ1v) is 15.5. The molecule has 242 valence electrons. The molecule has 1 aromatic heterocycles. The van der Waals surface area contributed by atoms with Gasteiger partial charge in [-0.25, -0.2) is 9.48 Å². The molecule has 0 unspecified atom stereocenters. The van der Waals surface area contributed by atoms with Crippen molar-refractivity contribution in [2.24, 2.45) is 0 Å². The minimum atomic E-state index is -1.14. The van der Waals surface area contributed by atoms with Gasteiger partial charge in [-0.3, -0.25) is 19.2 Å². The second-order valence-corrected chi connectivity index (χ2v) is 11.7. The lowest BCUT2D eigenvalue weighted by Crippen LogP contribution is -2.57. The van der Waals surface area contributed by atoms with Crippen LogP contribution in [0.5, 0.6) is 5.88 Å². The molecule has 0 bridgehead atoms. The van der Waals surface area contributed by atoms with Gasteiger partial charge < -0.3 is 34.6 Å². The highest BCUT2D eigenvalue weighted by Gasteiger charge is 2.51. The first-order valence-electron chi connectivity index (χ1n) is 15.5. The van der Waals surface area contributed by atoms with E-state index in [4.69, 9.17) is 9.47 Å². The number of benzene rings is 1. The number of hydrogen-bond acceptors (Lipinski definition) is 8. The minimum Gasteiger partial charge on any atom is -0.481 e. The van der Waals surface area contributed by atoms with Gasteiger partial charge in [0, 0.05) is 51.8 Å². The Hall–Kier alpha value is -4.62. The number of rotatable bonds is 12.